The van der Waals surface area contributed by atoms with Crippen molar-refractivity contribution in [2.75, 3.05) is 6.54 Å². The molecule has 0 spiro atoms. The number of benzene rings is 1. The molecule has 24 heavy (non-hydrogen) atoms. The number of nitrogens with one attached hydrogen (secondary N) is 1. The van der Waals surface area contributed by atoms with E-state index < -0.39 is 5.60 Å². The lowest BCUT2D eigenvalue weighted by molar-refractivity contribution is 0.0477. The molecule has 0 aliphatic heterocycles. The molecular weight excluding hydrogens is 300 g/mol. The summed E-state index contributed by atoms with van der Waals surface area (Å²) in [5.74, 6) is 0. The van der Waals surface area contributed by atoms with E-state index in [1.807, 2.05) is 39.0 Å². The summed E-state index contributed by atoms with van der Waals surface area (Å²) < 4.78 is 5.44. The van der Waals surface area contributed by atoms with Crippen molar-refractivity contribution in [3.63, 3.8) is 0 Å². The lowest BCUT2D eigenvalue weighted by atomic mass is 10.0. The molecule has 4 nitrogen and oxygen atoms in total. The Morgan fingerprint density at radius 1 is 1.08 bits per heavy atom. The first-order valence-electron chi connectivity index (χ1n) is 8.87. The molecule has 0 aromatic heterocycles. The maximum atomic E-state index is 12.2. The van der Waals surface area contributed by atoms with Gasteiger partial charge in [0.2, 0.25) is 0 Å². The van der Waals surface area contributed by atoms with Crippen LogP contribution in [0.1, 0.15) is 54.0 Å². The van der Waals surface area contributed by atoms with Crippen molar-refractivity contribution >= 4 is 6.09 Å². The van der Waals surface area contributed by atoms with E-state index in [4.69, 9.17) is 4.74 Å². The molecule has 0 saturated carbocycles. The minimum absolute atomic E-state index is 0.00653. The quantitative estimate of drug-likeness (QED) is 0.811. The zero-order valence-electron chi connectivity index (χ0n) is 16.3. The van der Waals surface area contributed by atoms with Crippen molar-refractivity contribution in [2.45, 2.75) is 78.6 Å². The van der Waals surface area contributed by atoms with Crippen LogP contribution < -0.4 is 5.32 Å². The fourth-order valence-corrected chi connectivity index (χ4v) is 2.81. The van der Waals surface area contributed by atoms with Crippen LogP contribution in [0.3, 0.4) is 0 Å². The van der Waals surface area contributed by atoms with Crippen LogP contribution in [0.5, 0.6) is 0 Å². The maximum absolute atomic E-state index is 12.2. The third kappa shape index (κ3) is 7.82. The highest BCUT2D eigenvalue weighted by molar-refractivity contribution is 5.68. The molecule has 0 radical (unpaired) electrons. The van der Waals surface area contributed by atoms with Crippen LogP contribution in [0.15, 0.2) is 30.3 Å². The second-order valence-corrected chi connectivity index (χ2v) is 7.92. The third-order valence-corrected chi connectivity index (χ3v) is 3.80. The number of hydrogen-bond donors (Lipinski definition) is 1. The molecule has 1 amide bonds. The summed E-state index contributed by atoms with van der Waals surface area (Å²) in [6.45, 7) is 15.2. The van der Waals surface area contributed by atoms with Gasteiger partial charge in [-0.15, -0.1) is 0 Å². The number of nitrogens with zero attached hydrogens (tertiary/aromatic N) is 1. The molecule has 0 fully saturated rings. The molecular formula is C20H34N2O2. The Bertz CT molecular complexity index is 484. The smallest absolute Gasteiger partial charge is 0.407 e. The second-order valence-electron chi connectivity index (χ2n) is 7.92. The normalized spacial score (nSPS) is 13.4. The summed E-state index contributed by atoms with van der Waals surface area (Å²) in [7, 11) is 0. The van der Waals surface area contributed by atoms with Gasteiger partial charge in [0.25, 0.3) is 0 Å². The maximum Gasteiger partial charge on any atom is 0.407 e. The highest BCUT2D eigenvalue weighted by atomic mass is 16.6. The summed E-state index contributed by atoms with van der Waals surface area (Å²) in [5, 5.41) is 3.06. The fraction of sp³-hybridized carbons (Fsp3) is 0.650. The summed E-state index contributed by atoms with van der Waals surface area (Å²) >= 11 is 0. The zero-order chi connectivity index (χ0) is 18.3. The lowest BCUT2D eigenvalue weighted by Crippen LogP contribution is -2.50. The average Bonchev–Trinajstić information content (AvgIpc) is 2.42. The van der Waals surface area contributed by atoms with Crippen molar-refractivity contribution in [3.8, 4) is 0 Å². The molecule has 4 heteroatoms. The number of carbonyl (C=O) groups is 1. The van der Waals surface area contributed by atoms with E-state index in [2.05, 4.69) is 50.0 Å². The van der Waals surface area contributed by atoms with Crippen LogP contribution in [-0.4, -0.2) is 41.3 Å². The molecule has 1 aromatic carbocycles. The van der Waals surface area contributed by atoms with Crippen LogP contribution in [-0.2, 0) is 11.2 Å². The summed E-state index contributed by atoms with van der Waals surface area (Å²) in [4.78, 5) is 14.6. The van der Waals surface area contributed by atoms with Gasteiger partial charge in [-0.2, -0.15) is 0 Å². The van der Waals surface area contributed by atoms with E-state index in [-0.39, 0.29) is 12.1 Å². The Kier molecular flexibility index (Phi) is 7.74. The van der Waals surface area contributed by atoms with Crippen molar-refractivity contribution in [1.82, 2.24) is 10.2 Å². The number of rotatable bonds is 7. The van der Waals surface area contributed by atoms with Crippen LogP contribution in [0, 0.1) is 0 Å². The SMILES string of the molecule is CC(C)N(C[C@H](Cc1ccccc1)NC(=O)OC(C)(C)C)C(C)C. The molecule has 0 heterocycles. The summed E-state index contributed by atoms with van der Waals surface area (Å²) in [5.41, 5.74) is 0.725. The van der Waals surface area contributed by atoms with Crippen molar-refractivity contribution in [2.24, 2.45) is 0 Å². The molecule has 1 N–H and O–H groups in total. The molecule has 0 saturated heterocycles. The predicted molar refractivity (Wildman–Crippen MR) is 100 cm³/mol. The van der Waals surface area contributed by atoms with E-state index in [0.29, 0.717) is 12.1 Å². The lowest BCUT2D eigenvalue weighted by Gasteiger charge is -2.34. The van der Waals surface area contributed by atoms with Crippen LogP contribution in [0.25, 0.3) is 0 Å². The largest absolute Gasteiger partial charge is 0.444 e. The molecule has 1 aromatic rings. The molecule has 0 aliphatic rings. The van der Waals surface area contributed by atoms with Gasteiger partial charge in [-0.3, -0.25) is 4.90 Å². The minimum Gasteiger partial charge on any atom is -0.444 e. The number of ether oxygens (including phenoxy) is 1. The monoisotopic (exact) mass is 334 g/mol. The van der Waals surface area contributed by atoms with Gasteiger partial charge in [0.05, 0.1) is 0 Å². The highest BCUT2D eigenvalue weighted by Crippen LogP contribution is 2.12. The Hall–Kier alpha value is -1.55. The topological polar surface area (TPSA) is 41.6 Å². The first kappa shape index (κ1) is 20.5. The highest BCUT2D eigenvalue weighted by Gasteiger charge is 2.23. The van der Waals surface area contributed by atoms with E-state index in [1.165, 1.54) is 5.56 Å². The van der Waals surface area contributed by atoms with Gasteiger partial charge < -0.3 is 10.1 Å². The number of hydrogen-bond acceptors (Lipinski definition) is 3. The van der Waals surface area contributed by atoms with Gasteiger partial charge in [0, 0.05) is 24.7 Å². The third-order valence-electron chi connectivity index (χ3n) is 3.80. The van der Waals surface area contributed by atoms with Gasteiger partial charge in [0.15, 0.2) is 0 Å². The first-order chi connectivity index (χ1) is 11.1. The first-order valence-corrected chi connectivity index (χ1v) is 8.87. The van der Waals surface area contributed by atoms with Crippen LogP contribution in [0.2, 0.25) is 0 Å². The number of carbonyl (C=O) groups excluding carboxylic acids is 1. The van der Waals surface area contributed by atoms with Gasteiger partial charge in [-0.25, -0.2) is 4.79 Å². The zero-order valence-corrected chi connectivity index (χ0v) is 16.3. The van der Waals surface area contributed by atoms with E-state index >= 15 is 0 Å². The summed E-state index contributed by atoms with van der Waals surface area (Å²) in [6.07, 6.45) is 0.437. The molecule has 136 valence electrons. The Balaban J connectivity index is 2.84. The number of alkyl carbamates (subject to hydrolysis) is 1. The molecule has 1 rings (SSSR count). The average molecular weight is 335 g/mol. The molecule has 0 bridgehead atoms. The molecule has 1 atom stereocenters. The standard InChI is InChI=1S/C20H34N2O2/c1-15(2)22(16(3)4)14-18(13-17-11-9-8-10-12-17)21-19(23)24-20(5,6)7/h8-12,15-16,18H,13-14H2,1-7H3,(H,21,23)/t18-/m0/s1. The van der Waals surface area contributed by atoms with Gasteiger partial charge in [-0.1, -0.05) is 30.3 Å². The molecule has 0 aliphatic carbocycles. The Morgan fingerprint density at radius 2 is 1.62 bits per heavy atom. The van der Waals surface area contributed by atoms with E-state index in [1.54, 1.807) is 0 Å². The van der Waals surface area contributed by atoms with Crippen molar-refractivity contribution in [3.05, 3.63) is 35.9 Å². The summed E-state index contributed by atoms with van der Waals surface area (Å²) in [6, 6.07) is 11.1. The Labute approximate surface area is 147 Å². The fourth-order valence-electron chi connectivity index (χ4n) is 2.81. The van der Waals surface area contributed by atoms with Crippen molar-refractivity contribution in [1.29, 1.82) is 0 Å². The Morgan fingerprint density at radius 3 is 2.08 bits per heavy atom. The van der Waals surface area contributed by atoms with E-state index in [0.717, 1.165) is 13.0 Å². The molecule has 0 unspecified atom stereocenters. The second kappa shape index (κ2) is 9.07. The van der Waals surface area contributed by atoms with Crippen molar-refractivity contribution < 1.29 is 9.53 Å². The van der Waals surface area contributed by atoms with Crippen LogP contribution >= 0.6 is 0 Å². The van der Waals surface area contributed by atoms with Gasteiger partial charge >= 0.3 is 6.09 Å². The van der Waals surface area contributed by atoms with Crippen LogP contribution in [0.4, 0.5) is 4.79 Å². The van der Waals surface area contributed by atoms with E-state index in [9.17, 15) is 4.79 Å². The minimum atomic E-state index is -0.489. The predicted octanol–water partition coefficient (Wildman–Crippen LogP) is 4.24. The van der Waals surface area contributed by atoms with Gasteiger partial charge in [-0.05, 0) is 60.5 Å². The number of amides is 1. The van der Waals surface area contributed by atoms with Gasteiger partial charge in [0.1, 0.15) is 5.60 Å².